The molecule has 1 aliphatic heterocycles. The maximum absolute atomic E-state index is 4.76. The molecule has 0 saturated carbocycles. The summed E-state index contributed by atoms with van der Waals surface area (Å²) in [5.74, 6) is 0. The molecule has 0 spiro atoms. The molecule has 6 heavy (non-hydrogen) atoms. The van der Waals surface area contributed by atoms with Gasteiger partial charge in [-0.25, -0.2) is 4.99 Å². The van der Waals surface area contributed by atoms with E-state index in [1.165, 1.54) is 0 Å². The van der Waals surface area contributed by atoms with Crippen LogP contribution in [0.4, 0.5) is 0 Å². The highest BCUT2D eigenvalue weighted by molar-refractivity contribution is 5.54. The predicted molar refractivity (Wildman–Crippen MR) is 22.4 cm³/mol. The second kappa shape index (κ2) is 1.77. The lowest BCUT2D eigenvalue weighted by Crippen LogP contribution is -2.20. The van der Waals surface area contributed by atoms with E-state index in [1.54, 1.807) is 6.34 Å². The van der Waals surface area contributed by atoms with Gasteiger partial charge in [-0.1, -0.05) is 0 Å². The van der Waals surface area contributed by atoms with Gasteiger partial charge in [0, 0.05) is 0 Å². The number of hydrogen-bond acceptors (Lipinski definition) is 3. The van der Waals surface area contributed by atoms with Crippen molar-refractivity contribution in [1.82, 2.24) is 5.32 Å². The largest absolute Gasteiger partial charge is 0.354 e. The van der Waals surface area contributed by atoms with Gasteiger partial charge in [0.2, 0.25) is 0 Å². The van der Waals surface area contributed by atoms with Crippen LogP contribution in [0.15, 0.2) is 4.99 Å². The van der Waals surface area contributed by atoms with Gasteiger partial charge in [-0.2, -0.15) is 0 Å². The lowest BCUT2D eigenvalue weighted by Gasteiger charge is -2.03. The van der Waals surface area contributed by atoms with Gasteiger partial charge in [0.15, 0.2) is 0 Å². The molecule has 0 atom stereocenters. The molecule has 34 valence electrons. The second-order valence-corrected chi connectivity index (χ2v) is 0.993. The average molecular weight is 86.1 g/mol. The SMILES string of the molecule is C1=NCOCN1. The summed E-state index contributed by atoms with van der Waals surface area (Å²) in [6.45, 7) is 1.11. The van der Waals surface area contributed by atoms with Crippen LogP contribution in [0.25, 0.3) is 0 Å². The quantitative estimate of drug-likeness (QED) is 0.433. The molecular weight excluding hydrogens is 80.0 g/mol. The van der Waals surface area contributed by atoms with Crippen molar-refractivity contribution in [2.45, 2.75) is 0 Å². The summed E-state index contributed by atoms with van der Waals surface area (Å²) in [6, 6.07) is 0. The van der Waals surface area contributed by atoms with Crippen molar-refractivity contribution in [2.24, 2.45) is 4.99 Å². The van der Waals surface area contributed by atoms with E-state index < -0.39 is 0 Å². The Balaban J connectivity index is 2.26. The average Bonchev–Trinajstić information content (AvgIpc) is 1.72. The maximum Gasteiger partial charge on any atom is 0.141 e. The molecule has 0 saturated heterocycles. The van der Waals surface area contributed by atoms with Gasteiger partial charge in [0.25, 0.3) is 0 Å². The molecule has 0 aromatic heterocycles. The zero-order valence-corrected chi connectivity index (χ0v) is 3.35. The smallest absolute Gasteiger partial charge is 0.141 e. The van der Waals surface area contributed by atoms with Gasteiger partial charge >= 0.3 is 0 Å². The number of ether oxygens (including phenoxy) is 1. The van der Waals surface area contributed by atoms with Crippen molar-refractivity contribution >= 4 is 6.34 Å². The topological polar surface area (TPSA) is 33.6 Å². The third kappa shape index (κ3) is 0.687. The van der Waals surface area contributed by atoms with Crippen LogP contribution in [0, 0.1) is 0 Å². The van der Waals surface area contributed by atoms with Crippen LogP contribution in [-0.4, -0.2) is 19.8 Å². The number of hydrogen-bond donors (Lipinski definition) is 1. The van der Waals surface area contributed by atoms with Crippen molar-refractivity contribution in [1.29, 1.82) is 0 Å². The number of aliphatic imine (C=N–C) groups is 1. The Hall–Kier alpha value is -0.570. The van der Waals surface area contributed by atoms with Crippen LogP contribution < -0.4 is 5.32 Å². The van der Waals surface area contributed by atoms with Crippen molar-refractivity contribution in [3.8, 4) is 0 Å². The number of rotatable bonds is 0. The van der Waals surface area contributed by atoms with Crippen molar-refractivity contribution in [3.63, 3.8) is 0 Å². The first-order valence-electron chi connectivity index (χ1n) is 1.79. The van der Waals surface area contributed by atoms with Crippen LogP contribution in [0.5, 0.6) is 0 Å². The Kier molecular flexibility index (Phi) is 1.06. The van der Waals surface area contributed by atoms with E-state index in [2.05, 4.69) is 10.3 Å². The molecule has 0 amide bonds. The molecule has 0 fully saturated rings. The van der Waals surface area contributed by atoms with E-state index in [0.717, 1.165) is 0 Å². The highest BCUT2D eigenvalue weighted by atomic mass is 16.5. The molecule has 1 heterocycles. The Labute approximate surface area is 36.0 Å². The highest BCUT2D eigenvalue weighted by Gasteiger charge is 1.83. The minimum absolute atomic E-state index is 0.507. The van der Waals surface area contributed by atoms with Crippen molar-refractivity contribution in [2.75, 3.05) is 13.5 Å². The Bertz CT molecular complexity index is 53.8. The fourth-order valence-corrected chi connectivity index (χ4v) is 0.296. The fraction of sp³-hybridized carbons (Fsp3) is 0.667. The van der Waals surface area contributed by atoms with Gasteiger partial charge in [-0.05, 0) is 0 Å². The molecule has 3 heteroatoms. The maximum atomic E-state index is 4.76. The second-order valence-electron chi connectivity index (χ2n) is 0.993. The van der Waals surface area contributed by atoms with Crippen LogP contribution in [0.3, 0.4) is 0 Å². The minimum atomic E-state index is 0.507. The molecule has 0 unspecified atom stereocenters. The first kappa shape index (κ1) is 3.61. The molecule has 0 aromatic rings. The summed E-state index contributed by atoms with van der Waals surface area (Å²) in [4.78, 5) is 3.72. The Morgan fingerprint density at radius 3 is 3.00 bits per heavy atom. The summed E-state index contributed by atoms with van der Waals surface area (Å²) in [6.07, 6.45) is 1.64. The monoisotopic (exact) mass is 86.0 g/mol. The molecule has 1 rings (SSSR count). The van der Waals surface area contributed by atoms with Crippen LogP contribution in [0.1, 0.15) is 0 Å². The third-order valence-corrected chi connectivity index (χ3v) is 0.534. The fourth-order valence-electron chi connectivity index (χ4n) is 0.296. The minimum Gasteiger partial charge on any atom is -0.354 e. The molecule has 0 aromatic carbocycles. The van der Waals surface area contributed by atoms with Gasteiger partial charge in [-0.3, -0.25) is 0 Å². The van der Waals surface area contributed by atoms with Crippen LogP contribution >= 0.6 is 0 Å². The summed E-state index contributed by atoms with van der Waals surface area (Å²) in [5.41, 5.74) is 0. The number of nitrogens with one attached hydrogen (secondary N) is 1. The Morgan fingerprint density at radius 1 is 1.83 bits per heavy atom. The standard InChI is InChI=1S/C3H6N2O/c1-4-2-6-3-5-1/h1H,2-3H2,(H,4,5). The normalized spacial score (nSPS) is 20.0. The zero-order valence-electron chi connectivity index (χ0n) is 3.35. The molecule has 1 N–H and O–H groups in total. The summed E-state index contributed by atoms with van der Waals surface area (Å²) >= 11 is 0. The van der Waals surface area contributed by atoms with E-state index in [1.807, 2.05) is 0 Å². The summed E-state index contributed by atoms with van der Waals surface area (Å²) in [7, 11) is 0. The molecule has 0 aliphatic carbocycles. The van der Waals surface area contributed by atoms with E-state index in [0.29, 0.717) is 13.5 Å². The van der Waals surface area contributed by atoms with Crippen LogP contribution in [-0.2, 0) is 4.74 Å². The van der Waals surface area contributed by atoms with Gasteiger partial charge in [-0.15, -0.1) is 0 Å². The van der Waals surface area contributed by atoms with Crippen molar-refractivity contribution < 1.29 is 4.74 Å². The van der Waals surface area contributed by atoms with E-state index >= 15 is 0 Å². The predicted octanol–water partition coefficient (Wildman–Crippen LogP) is -0.451. The number of nitrogens with zero attached hydrogens (tertiary/aromatic N) is 1. The molecule has 3 nitrogen and oxygen atoms in total. The van der Waals surface area contributed by atoms with Gasteiger partial charge < -0.3 is 10.1 Å². The van der Waals surface area contributed by atoms with E-state index in [4.69, 9.17) is 4.74 Å². The Morgan fingerprint density at radius 2 is 2.83 bits per heavy atom. The molecule has 0 bridgehead atoms. The van der Waals surface area contributed by atoms with Gasteiger partial charge in [0.1, 0.15) is 13.5 Å². The van der Waals surface area contributed by atoms with Gasteiger partial charge in [0.05, 0.1) is 6.34 Å². The third-order valence-electron chi connectivity index (χ3n) is 0.534. The lowest BCUT2D eigenvalue weighted by atomic mass is 11.0. The van der Waals surface area contributed by atoms with Crippen molar-refractivity contribution in [3.05, 3.63) is 0 Å². The van der Waals surface area contributed by atoms with Crippen LogP contribution in [0.2, 0.25) is 0 Å². The highest BCUT2D eigenvalue weighted by Crippen LogP contribution is 1.74. The molecule has 0 radical (unpaired) electrons. The molecular formula is C3H6N2O. The summed E-state index contributed by atoms with van der Waals surface area (Å²) < 4.78 is 4.76. The van der Waals surface area contributed by atoms with E-state index in [-0.39, 0.29) is 0 Å². The van der Waals surface area contributed by atoms with E-state index in [9.17, 15) is 0 Å². The zero-order chi connectivity index (χ0) is 4.24. The first-order chi connectivity index (χ1) is 3.00. The lowest BCUT2D eigenvalue weighted by molar-refractivity contribution is 0.128. The summed E-state index contributed by atoms with van der Waals surface area (Å²) in [5, 5.41) is 2.77. The first-order valence-corrected chi connectivity index (χ1v) is 1.79. The molecule has 1 aliphatic rings.